The van der Waals surface area contributed by atoms with Gasteiger partial charge in [0, 0.05) is 70.3 Å². The number of hydrogen-bond acceptors (Lipinski definition) is 6. The number of benzene rings is 2. The van der Waals surface area contributed by atoms with E-state index in [0.717, 1.165) is 24.3 Å². The Morgan fingerprint density at radius 3 is 2.29 bits per heavy atom. The number of aromatic nitrogens is 1. The Hall–Kier alpha value is -4.24. The fourth-order valence-electron chi connectivity index (χ4n) is 4.87. The predicted octanol–water partition coefficient (Wildman–Crippen LogP) is 2.27. The van der Waals surface area contributed by atoms with Gasteiger partial charge < -0.3 is 25.3 Å². The van der Waals surface area contributed by atoms with Gasteiger partial charge in [-0.3, -0.25) is 19.4 Å². The standard InChI is InChI=1S/C29H32N6O3/c36-27(19-22-5-2-1-3-6-22)34-17-15-33(16-18-34)26-9-8-23(29(38)35-13-11-30-12-14-35)20-25(26)32-28(37)24-7-4-10-31-21-24/h1-10,20-21,30H,11-19H2,(H,32,37). The summed E-state index contributed by atoms with van der Waals surface area (Å²) >= 11 is 0. The van der Waals surface area contributed by atoms with Gasteiger partial charge in [-0.1, -0.05) is 30.3 Å². The molecule has 196 valence electrons. The van der Waals surface area contributed by atoms with Crippen LogP contribution in [-0.2, 0) is 11.2 Å². The molecule has 2 N–H and O–H groups in total. The normalized spacial score (nSPS) is 15.7. The van der Waals surface area contributed by atoms with Crippen LogP contribution in [0.4, 0.5) is 11.4 Å². The number of carbonyl (C=O) groups is 3. The van der Waals surface area contributed by atoms with Crippen molar-refractivity contribution in [3.8, 4) is 0 Å². The largest absolute Gasteiger partial charge is 0.366 e. The number of nitrogens with zero attached hydrogens (tertiary/aromatic N) is 4. The van der Waals surface area contributed by atoms with Crippen LogP contribution in [0.2, 0.25) is 0 Å². The van der Waals surface area contributed by atoms with Crippen LogP contribution in [-0.4, -0.2) is 84.9 Å². The van der Waals surface area contributed by atoms with Crippen molar-refractivity contribution in [2.24, 2.45) is 0 Å². The minimum absolute atomic E-state index is 0.0498. The number of rotatable bonds is 6. The maximum absolute atomic E-state index is 13.2. The number of anilines is 2. The van der Waals surface area contributed by atoms with Crippen LogP contribution in [0.25, 0.3) is 0 Å². The van der Waals surface area contributed by atoms with Gasteiger partial charge in [0.1, 0.15) is 0 Å². The first-order chi connectivity index (χ1) is 18.6. The first-order valence-corrected chi connectivity index (χ1v) is 13.0. The Kier molecular flexibility index (Phi) is 7.94. The highest BCUT2D eigenvalue weighted by Crippen LogP contribution is 2.29. The predicted molar refractivity (Wildman–Crippen MR) is 146 cm³/mol. The van der Waals surface area contributed by atoms with Gasteiger partial charge in [-0.2, -0.15) is 0 Å². The number of pyridine rings is 1. The van der Waals surface area contributed by atoms with Gasteiger partial charge in [-0.25, -0.2) is 0 Å². The summed E-state index contributed by atoms with van der Waals surface area (Å²) in [5.41, 5.74) is 3.38. The Bertz CT molecular complexity index is 1270. The Balaban J connectivity index is 1.33. The third-order valence-electron chi connectivity index (χ3n) is 6.99. The van der Waals surface area contributed by atoms with E-state index in [2.05, 4.69) is 20.5 Å². The lowest BCUT2D eigenvalue weighted by Crippen LogP contribution is -2.49. The molecule has 1 aromatic heterocycles. The minimum atomic E-state index is -0.289. The fraction of sp³-hybridized carbons (Fsp3) is 0.310. The highest BCUT2D eigenvalue weighted by molar-refractivity contribution is 6.07. The molecular formula is C29H32N6O3. The average Bonchev–Trinajstić information content (AvgIpc) is 2.98. The molecule has 38 heavy (non-hydrogen) atoms. The highest BCUT2D eigenvalue weighted by Gasteiger charge is 2.25. The molecule has 2 fully saturated rings. The fourth-order valence-corrected chi connectivity index (χ4v) is 4.87. The van der Waals surface area contributed by atoms with Crippen molar-refractivity contribution in [3.05, 3.63) is 89.7 Å². The first kappa shape index (κ1) is 25.4. The molecule has 2 saturated heterocycles. The van der Waals surface area contributed by atoms with Crippen LogP contribution in [0.5, 0.6) is 0 Å². The quantitative estimate of drug-likeness (QED) is 0.526. The molecular weight excluding hydrogens is 480 g/mol. The summed E-state index contributed by atoms with van der Waals surface area (Å²) in [5.74, 6) is -0.230. The zero-order chi connectivity index (χ0) is 26.3. The van der Waals surface area contributed by atoms with Gasteiger partial charge in [-0.05, 0) is 35.9 Å². The van der Waals surface area contributed by atoms with E-state index in [1.54, 1.807) is 24.4 Å². The molecule has 0 atom stereocenters. The van der Waals surface area contributed by atoms with Crippen LogP contribution >= 0.6 is 0 Å². The minimum Gasteiger partial charge on any atom is -0.366 e. The zero-order valence-electron chi connectivity index (χ0n) is 21.3. The van der Waals surface area contributed by atoms with Crippen LogP contribution in [0.1, 0.15) is 26.3 Å². The van der Waals surface area contributed by atoms with E-state index in [0.29, 0.717) is 62.5 Å². The summed E-state index contributed by atoms with van der Waals surface area (Å²) in [7, 11) is 0. The maximum atomic E-state index is 13.2. The van der Waals surface area contributed by atoms with Crippen molar-refractivity contribution < 1.29 is 14.4 Å². The number of carbonyl (C=O) groups excluding carboxylic acids is 3. The van der Waals surface area contributed by atoms with Gasteiger partial charge in [-0.15, -0.1) is 0 Å². The molecule has 3 aromatic rings. The van der Waals surface area contributed by atoms with E-state index >= 15 is 0 Å². The summed E-state index contributed by atoms with van der Waals surface area (Å²) in [6.45, 7) is 5.26. The molecule has 0 radical (unpaired) electrons. The van der Waals surface area contributed by atoms with Crippen LogP contribution in [0.15, 0.2) is 73.1 Å². The Morgan fingerprint density at radius 2 is 1.58 bits per heavy atom. The molecule has 9 nitrogen and oxygen atoms in total. The van der Waals surface area contributed by atoms with Gasteiger partial charge in [0.2, 0.25) is 5.91 Å². The lowest BCUT2D eigenvalue weighted by atomic mass is 10.1. The van der Waals surface area contributed by atoms with Gasteiger partial charge in [0.05, 0.1) is 23.4 Å². The van der Waals surface area contributed by atoms with Gasteiger partial charge in [0.25, 0.3) is 11.8 Å². The molecule has 0 spiro atoms. The van der Waals surface area contributed by atoms with Gasteiger partial charge >= 0.3 is 0 Å². The van der Waals surface area contributed by atoms with E-state index in [1.807, 2.05) is 52.3 Å². The lowest BCUT2D eigenvalue weighted by Gasteiger charge is -2.37. The van der Waals surface area contributed by atoms with Crippen LogP contribution < -0.4 is 15.5 Å². The third-order valence-corrected chi connectivity index (χ3v) is 6.99. The molecule has 0 aliphatic carbocycles. The third kappa shape index (κ3) is 6.00. The second-order valence-corrected chi connectivity index (χ2v) is 9.50. The highest BCUT2D eigenvalue weighted by atomic mass is 16.2. The van der Waals surface area contributed by atoms with E-state index in [1.165, 1.54) is 6.20 Å². The molecule has 2 aliphatic rings. The Labute approximate surface area is 222 Å². The molecule has 9 heteroatoms. The number of amides is 3. The zero-order valence-corrected chi connectivity index (χ0v) is 21.3. The summed E-state index contributed by atoms with van der Waals surface area (Å²) in [4.78, 5) is 49.0. The second kappa shape index (κ2) is 11.9. The van der Waals surface area contributed by atoms with Crippen molar-refractivity contribution >= 4 is 29.1 Å². The first-order valence-electron chi connectivity index (χ1n) is 13.0. The molecule has 0 unspecified atom stereocenters. The SMILES string of the molecule is O=C(Nc1cc(C(=O)N2CCNCC2)ccc1N1CCN(C(=O)Cc2ccccc2)CC1)c1cccnc1. The number of hydrogen-bond donors (Lipinski definition) is 2. The van der Waals surface area contributed by atoms with E-state index in [-0.39, 0.29) is 17.7 Å². The van der Waals surface area contributed by atoms with E-state index in [9.17, 15) is 14.4 Å². The van der Waals surface area contributed by atoms with Crippen molar-refractivity contribution in [2.75, 3.05) is 62.6 Å². The molecule has 2 aliphatic heterocycles. The van der Waals surface area contributed by atoms with Crippen molar-refractivity contribution in [2.45, 2.75) is 6.42 Å². The molecule has 3 amide bonds. The van der Waals surface area contributed by atoms with E-state index in [4.69, 9.17) is 0 Å². The molecule has 2 aromatic carbocycles. The van der Waals surface area contributed by atoms with Crippen molar-refractivity contribution in [1.29, 1.82) is 0 Å². The van der Waals surface area contributed by atoms with Crippen molar-refractivity contribution in [1.82, 2.24) is 20.1 Å². The summed E-state index contributed by atoms with van der Waals surface area (Å²) in [6, 6.07) is 18.7. The Morgan fingerprint density at radius 1 is 0.816 bits per heavy atom. The molecule has 0 saturated carbocycles. The topological polar surface area (TPSA) is 97.9 Å². The summed E-state index contributed by atoms with van der Waals surface area (Å²) in [5, 5.41) is 6.27. The van der Waals surface area contributed by atoms with Crippen molar-refractivity contribution in [3.63, 3.8) is 0 Å². The average molecular weight is 513 g/mol. The smallest absolute Gasteiger partial charge is 0.257 e. The maximum Gasteiger partial charge on any atom is 0.257 e. The second-order valence-electron chi connectivity index (χ2n) is 9.50. The molecule has 0 bridgehead atoms. The van der Waals surface area contributed by atoms with E-state index < -0.39 is 0 Å². The van der Waals surface area contributed by atoms with Gasteiger partial charge in [0.15, 0.2) is 0 Å². The molecule has 3 heterocycles. The monoisotopic (exact) mass is 512 g/mol. The summed E-state index contributed by atoms with van der Waals surface area (Å²) < 4.78 is 0. The number of piperazine rings is 2. The van der Waals surface area contributed by atoms with Crippen LogP contribution in [0.3, 0.4) is 0 Å². The number of nitrogens with one attached hydrogen (secondary N) is 2. The molecule has 5 rings (SSSR count). The summed E-state index contributed by atoms with van der Waals surface area (Å²) in [6.07, 6.45) is 3.52. The lowest BCUT2D eigenvalue weighted by molar-refractivity contribution is -0.130. The van der Waals surface area contributed by atoms with Crippen LogP contribution in [0, 0.1) is 0 Å².